The molecule has 0 unspecified atom stereocenters. The number of anilines is 2. The fourth-order valence-corrected chi connectivity index (χ4v) is 3.76. The summed E-state index contributed by atoms with van der Waals surface area (Å²) in [5.74, 6) is 2.62. The number of furan rings is 1. The SMILES string of the molecule is Cc1ccc(CNC(=O)c2cccc(Nc3ccc(C4CCCCC4)nn3)c2)o1. The number of carbonyl (C=O) groups is 1. The number of hydrogen-bond donors (Lipinski definition) is 2. The summed E-state index contributed by atoms with van der Waals surface area (Å²) in [4.78, 5) is 12.4. The smallest absolute Gasteiger partial charge is 0.251 e. The third-order valence-electron chi connectivity index (χ3n) is 5.32. The van der Waals surface area contributed by atoms with Crippen molar-refractivity contribution < 1.29 is 9.21 Å². The number of rotatable bonds is 6. The van der Waals surface area contributed by atoms with E-state index in [1.165, 1.54) is 32.1 Å². The molecule has 1 aliphatic rings. The van der Waals surface area contributed by atoms with Crippen molar-refractivity contribution in [1.82, 2.24) is 15.5 Å². The van der Waals surface area contributed by atoms with Crippen LogP contribution in [-0.2, 0) is 6.54 Å². The molecule has 0 saturated heterocycles. The topological polar surface area (TPSA) is 80.0 Å². The molecule has 1 fully saturated rings. The Kier molecular flexibility index (Phi) is 5.89. The quantitative estimate of drug-likeness (QED) is 0.612. The maximum Gasteiger partial charge on any atom is 0.251 e. The second kappa shape index (κ2) is 8.90. The van der Waals surface area contributed by atoms with Crippen molar-refractivity contribution in [2.45, 2.75) is 51.5 Å². The third kappa shape index (κ3) is 5.02. The van der Waals surface area contributed by atoms with E-state index >= 15 is 0 Å². The summed E-state index contributed by atoms with van der Waals surface area (Å²) < 4.78 is 5.48. The number of carbonyl (C=O) groups excluding carboxylic acids is 1. The number of aromatic nitrogens is 2. The first-order valence-corrected chi connectivity index (χ1v) is 10.2. The molecular weight excluding hydrogens is 364 g/mol. The summed E-state index contributed by atoms with van der Waals surface area (Å²) in [6, 6.07) is 15.1. The number of amides is 1. The molecular formula is C23H26N4O2. The molecule has 150 valence electrons. The molecule has 0 spiro atoms. The molecule has 3 aromatic rings. The van der Waals surface area contributed by atoms with Crippen molar-refractivity contribution in [3.05, 3.63) is 71.3 Å². The highest BCUT2D eigenvalue weighted by molar-refractivity contribution is 5.95. The number of aryl methyl sites for hydroxylation is 1. The number of benzene rings is 1. The Morgan fingerprint density at radius 1 is 1.07 bits per heavy atom. The lowest BCUT2D eigenvalue weighted by Crippen LogP contribution is -2.22. The van der Waals surface area contributed by atoms with Crippen LogP contribution in [0.3, 0.4) is 0 Å². The van der Waals surface area contributed by atoms with Gasteiger partial charge in [-0.1, -0.05) is 25.3 Å². The fraction of sp³-hybridized carbons (Fsp3) is 0.348. The van der Waals surface area contributed by atoms with E-state index in [-0.39, 0.29) is 5.91 Å². The van der Waals surface area contributed by atoms with E-state index in [0.717, 1.165) is 22.9 Å². The van der Waals surface area contributed by atoms with Gasteiger partial charge in [0.05, 0.1) is 12.2 Å². The van der Waals surface area contributed by atoms with E-state index in [2.05, 4.69) is 26.9 Å². The van der Waals surface area contributed by atoms with Crippen LogP contribution < -0.4 is 10.6 Å². The van der Waals surface area contributed by atoms with E-state index in [0.29, 0.717) is 23.8 Å². The fourth-order valence-electron chi connectivity index (χ4n) is 3.76. The lowest BCUT2D eigenvalue weighted by Gasteiger charge is -2.20. The Bertz CT molecular complexity index is 959. The first kappa shape index (κ1) is 19.2. The molecule has 6 nitrogen and oxygen atoms in total. The van der Waals surface area contributed by atoms with Gasteiger partial charge in [0.15, 0.2) is 5.82 Å². The normalized spacial score (nSPS) is 14.5. The van der Waals surface area contributed by atoms with Crippen LogP contribution in [-0.4, -0.2) is 16.1 Å². The zero-order valence-electron chi connectivity index (χ0n) is 16.6. The number of nitrogens with one attached hydrogen (secondary N) is 2. The van der Waals surface area contributed by atoms with Gasteiger partial charge < -0.3 is 15.1 Å². The van der Waals surface area contributed by atoms with Crippen LogP contribution >= 0.6 is 0 Å². The molecule has 1 saturated carbocycles. The largest absolute Gasteiger partial charge is 0.465 e. The average molecular weight is 390 g/mol. The molecule has 0 atom stereocenters. The zero-order chi connectivity index (χ0) is 20.1. The van der Waals surface area contributed by atoms with E-state index in [9.17, 15) is 4.79 Å². The summed E-state index contributed by atoms with van der Waals surface area (Å²) in [5, 5.41) is 14.9. The van der Waals surface area contributed by atoms with Crippen molar-refractivity contribution in [3.8, 4) is 0 Å². The van der Waals surface area contributed by atoms with Crippen LogP contribution in [0.2, 0.25) is 0 Å². The standard InChI is InChI=1S/C23H26N4O2/c1-16-10-11-20(29-16)15-24-23(28)18-8-5-9-19(14-18)25-22-13-12-21(26-27-22)17-6-3-2-4-7-17/h5,8-14,17H,2-4,6-7,15H2,1H3,(H,24,28)(H,25,27). The summed E-state index contributed by atoms with van der Waals surface area (Å²) >= 11 is 0. The van der Waals surface area contributed by atoms with Gasteiger partial charge in [0.25, 0.3) is 5.91 Å². The highest BCUT2D eigenvalue weighted by Gasteiger charge is 2.17. The highest BCUT2D eigenvalue weighted by Crippen LogP contribution is 2.31. The van der Waals surface area contributed by atoms with Crippen LogP contribution in [0.1, 0.15) is 65.6 Å². The molecule has 1 aliphatic carbocycles. The Hall–Kier alpha value is -3.15. The highest BCUT2D eigenvalue weighted by atomic mass is 16.3. The molecule has 2 N–H and O–H groups in total. The van der Waals surface area contributed by atoms with Crippen molar-refractivity contribution in [1.29, 1.82) is 0 Å². The molecule has 6 heteroatoms. The van der Waals surface area contributed by atoms with Crippen molar-refractivity contribution in [2.24, 2.45) is 0 Å². The van der Waals surface area contributed by atoms with E-state index < -0.39 is 0 Å². The molecule has 2 aromatic heterocycles. The minimum Gasteiger partial charge on any atom is -0.465 e. The van der Waals surface area contributed by atoms with Gasteiger partial charge in [0.2, 0.25) is 0 Å². The Balaban J connectivity index is 1.37. The maximum absolute atomic E-state index is 12.4. The second-order valence-electron chi connectivity index (χ2n) is 7.58. The lowest BCUT2D eigenvalue weighted by atomic mass is 9.87. The van der Waals surface area contributed by atoms with E-state index in [1.54, 1.807) is 12.1 Å². The average Bonchev–Trinajstić information content (AvgIpc) is 3.18. The maximum atomic E-state index is 12.4. The van der Waals surface area contributed by atoms with E-state index in [1.807, 2.05) is 37.3 Å². The van der Waals surface area contributed by atoms with Crippen molar-refractivity contribution >= 4 is 17.4 Å². The molecule has 1 amide bonds. The lowest BCUT2D eigenvalue weighted by molar-refractivity contribution is 0.0948. The predicted molar refractivity (Wildman–Crippen MR) is 112 cm³/mol. The summed E-state index contributed by atoms with van der Waals surface area (Å²) in [6.07, 6.45) is 6.29. The first-order valence-electron chi connectivity index (χ1n) is 10.2. The van der Waals surface area contributed by atoms with Crippen molar-refractivity contribution in [2.75, 3.05) is 5.32 Å². The summed E-state index contributed by atoms with van der Waals surface area (Å²) in [7, 11) is 0. The number of hydrogen-bond acceptors (Lipinski definition) is 5. The minimum absolute atomic E-state index is 0.151. The molecule has 0 aliphatic heterocycles. The van der Waals surface area contributed by atoms with Gasteiger partial charge in [-0.25, -0.2) is 0 Å². The molecule has 4 rings (SSSR count). The summed E-state index contributed by atoms with van der Waals surface area (Å²) in [6.45, 7) is 2.24. The summed E-state index contributed by atoms with van der Waals surface area (Å²) in [5.41, 5.74) is 2.45. The van der Waals surface area contributed by atoms with Gasteiger partial charge in [-0.2, -0.15) is 5.10 Å². The predicted octanol–water partition coefficient (Wildman–Crippen LogP) is 5.10. The van der Waals surface area contributed by atoms with Crippen LogP contribution in [0, 0.1) is 6.92 Å². The van der Waals surface area contributed by atoms with E-state index in [4.69, 9.17) is 4.42 Å². The van der Waals surface area contributed by atoms with Crippen LogP contribution in [0.25, 0.3) is 0 Å². The van der Waals surface area contributed by atoms with Gasteiger partial charge in [0.1, 0.15) is 11.5 Å². The zero-order valence-corrected chi connectivity index (χ0v) is 16.6. The van der Waals surface area contributed by atoms with Gasteiger partial charge in [-0.15, -0.1) is 5.10 Å². The minimum atomic E-state index is -0.151. The van der Waals surface area contributed by atoms with Gasteiger partial charge in [0, 0.05) is 17.2 Å². The third-order valence-corrected chi connectivity index (χ3v) is 5.32. The van der Waals surface area contributed by atoms with Crippen LogP contribution in [0.5, 0.6) is 0 Å². The van der Waals surface area contributed by atoms with Gasteiger partial charge >= 0.3 is 0 Å². The molecule has 29 heavy (non-hydrogen) atoms. The van der Waals surface area contributed by atoms with Crippen molar-refractivity contribution in [3.63, 3.8) is 0 Å². The second-order valence-corrected chi connectivity index (χ2v) is 7.58. The van der Waals surface area contributed by atoms with Crippen LogP contribution in [0.4, 0.5) is 11.5 Å². The molecule has 1 aromatic carbocycles. The molecule has 0 bridgehead atoms. The molecule has 0 radical (unpaired) electrons. The van der Waals surface area contributed by atoms with Gasteiger partial charge in [-0.05, 0) is 62.2 Å². The Morgan fingerprint density at radius 2 is 1.93 bits per heavy atom. The monoisotopic (exact) mass is 390 g/mol. The van der Waals surface area contributed by atoms with Crippen LogP contribution in [0.15, 0.2) is 52.9 Å². The van der Waals surface area contributed by atoms with Gasteiger partial charge in [-0.3, -0.25) is 4.79 Å². The Labute approximate surface area is 170 Å². The molecule has 2 heterocycles. The number of nitrogens with zero attached hydrogens (tertiary/aromatic N) is 2. The first-order chi connectivity index (χ1) is 14.2. The Morgan fingerprint density at radius 3 is 2.66 bits per heavy atom.